The van der Waals surface area contributed by atoms with Crippen molar-refractivity contribution in [2.75, 3.05) is 6.67 Å². The van der Waals surface area contributed by atoms with Crippen molar-refractivity contribution >= 4 is 5.97 Å². The minimum absolute atomic E-state index is 0.211. The fourth-order valence-electron chi connectivity index (χ4n) is 1.55. The molecule has 1 fully saturated rings. The van der Waals surface area contributed by atoms with Gasteiger partial charge in [-0.2, -0.15) is 0 Å². The highest BCUT2D eigenvalue weighted by molar-refractivity contribution is 5.70. The third-order valence-corrected chi connectivity index (χ3v) is 2.17. The molecule has 1 rings (SSSR count). The van der Waals surface area contributed by atoms with E-state index >= 15 is 0 Å². The number of hydrogen-bond donors (Lipinski definition) is 1. The van der Waals surface area contributed by atoms with E-state index in [1.165, 1.54) is 0 Å². The Kier molecular flexibility index (Phi) is 2.25. The average Bonchev–Trinajstić information content (AvgIpc) is 2.33. The molecule has 0 bridgehead atoms. The Labute approximate surface area is 59.0 Å². The average molecular weight is 146 g/mol. The van der Waals surface area contributed by atoms with Crippen molar-refractivity contribution in [3.8, 4) is 0 Å². The van der Waals surface area contributed by atoms with Crippen LogP contribution in [0.4, 0.5) is 4.39 Å². The maximum Gasteiger partial charge on any atom is 0.306 e. The van der Waals surface area contributed by atoms with Crippen LogP contribution >= 0.6 is 0 Å². The lowest BCUT2D eigenvalue weighted by atomic mass is 9.98. The van der Waals surface area contributed by atoms with Gasteiger partial charge in [0.05, 0.1) is 12.6 Å². The molecule has 58 valence electrons. The summed E-state index contributed by atoms with van der Waals surface area (Å²) in [5.41, 5.74) is 0. The number of rotatable bonds is 2. The number of alkyl halides is 1. The van der Waals surface area contributed by atoms with Crippen LogP contribution in [0.2, 0.25) is 0 Å². The highest BCUT2D eigenvalue weighted by atomic mass is 19.1. The highest BCUT2D eigenvalue weighted by Gasteiger charge is 2.32. The minimum Gasteiger partial charge on any atom is -0.481 e. The predicted molar refractivity (Wildman–Crippen MR) is 34.4 cm³/mol. The van der Waals surface area contributed by atoms with Crippen LogP contribution in [0.1, 0.15) is 19.3 Å². The minimum atomic E-state index is -0.833. The van der Waals surface area contributed by atoms with Gasteiger partial charge in [-0.25, -0.2) is 0 Å². The second-order valence-corrected chi connectivity index (χ2v) is 2.79. The molecule has 0 aromatic heterocycles. The van der Waals surface area contributed by atoms with Gasteiger partial charge in [-0.05, 0) is 12.8 Å². The van der Waals surface area contributed by atoms with Gasteiger partial charge in [-0.3, -0.25) is 9.18 Å². The molecule has 0 spiro atoms. The summed E-state index contributed by atoms with van der Waals surface area (Å²) >= 11 is 0. The molecule has 2 atom stereocenters. The maximum absolute atomic E-state index is 12.0. The zero-order valence-electron chi connectivity index (χ0n) is 5.72. The van der Waals surface area contributed by atoms with E-state index in [9.17, 15) is 9.18 Å². The summed E-state index contributed by atoms with van der Waals surface area (Å²) < 4.78 is 12.0. The van der Waals surface area contributed by atoms with Gasteiger partial charge in [0, 0.05) is 5.92 Å². The molecule has 0 aliphatic heterocycles. The smallest absolute Gasteiger partial charge is 0.306 e. The van der Waals surface area contributed by atoms with E-state index in [-0.39, 0.29) is 5.92 Å². The van der Waals surface area contributed by atoms with Crippen molar-refractivity contribution in [1.82, 2.24) is 0 Å². The standard InChI is InChI=1S/C7H11FO2/c8-4-5-2-1-3-6(5)7(9)10/h5-6H,1-4H2,(H,9,10)/t5-,6+/m0/s1. The molecule has 0 aromatic carbocycles. The fraction of sp³-hybridized carbons (Fsp3) is 0.857. The van der Waals surface area contributed by atoms with E-state index in [1.54, 1.807) is 0 Å². The van der Waals surface area contributed by atoms with Crippen LogP contribution in [0.25, 0.3) is 0 Å². The molecule has 0 heterocycles. The van der Waals surface area contributed by atoms with Gasteiger partial charge < -0.3 is 5.11 Å². The molecule has 0 amide bonds. The molecule has 3 heteroatoms. The number of carbonyl (C=O) groups is 1. The van der Waals surface area contributed by atoms with Crippen molar-refractivity contribution in [2.45, 2.75) is 19.3 Å². The summed E-state index contributed by atoms with van der Waals surface area (Å²) in [7, 11) is 0. The number of halogens is 1. The lowest BCUT2D eigenvalue weighted by Crippen LogP contribution is -2.19. The fourth-order valence-corrected chi connectivity index (χ4v) is 1.55. The van der Waals surface area contributed by atoms with Crippen LogP contribution in [0.3, 0.4) is 0 Å². The van der Waals surface area contributed by atoms with E-state index in [4.69, 9.17) is 5.11 Å². The maximum atomic E-state index is 12.0. The largest absolute Gasteiger partial charge is 0.481 e. The Morgan fingerprint density at radius 1 is 1.60 bits per heavy atom. The number of hydrogen-bond acceptors (Lipinski definition) is 1. The van der Waals surface area contributed by atoms with Gasteiger partial charge >= 0.3 is 5.97 Å². The van der Waals surface area contributed by atoms with Crippen molar-refractivity contribution in [3.05, 3.63) is 0 Å². The van der Waals surface area contributed by atoms with Gasteiger partial charge in [0.2, 0.25) is 0 Å². The van der Waals surface area contributed by atoms with Crippen LogP contribution in [0.15, 0.2) is 0 Å². The van der Waals surface area contributed by atoms with Crippen molar-refractivity contribution in [2.24, 2.45) is 11.8 Å². The van der Waals surface area contributed by atoms with Gasteiger partial charge in [0.15, 0.2) is 0 Å². The van der Waals surface area contributed by atoms with Gasteiger partial charge in [0.25, 0.3) is 0 Å². The normalized spacial score (nSPS) is 32.5. The third kappa shape index (κ3) is 1.28. The molecule has 1 N–H and O–H groups in total. The van der Waals surface area contributed by atoms with E-state index in [0.29, 0.717) is 6.42 Å². The summed E-state index contributed by atoms with van der Waals surface area (Å²) in [6.07, 6.45) is 2.27. The number of carboxylic acids is 1. The summed E-state index contributed by atoms with van der Waals surface area (Å²) in [6, 6.07) is 0. The molecule has 0 saturated heterocycles. The second-order valence-electron chi connectivity index (χ2n) is 2.79. The first-order valence-corrected chi connectivity index (χ1v) is 3.54. The highest BCUT2D eigenvalue weighted by Crippen LogP contribution is 2.31. The van der Waals surface area contributed by atoms with Crippen LogP contribution in [0.5, 0.6) is 0 Å². The first-order valence-electron chi connectivity index (χ1n) is 3.54. The molecule has 10 heavy (non-hydrogen) atoms. The van der Waals surface area contributed by atoms with Crippen molar-refractivity contribution < 1.29 is 14.3 Å². The van der Waals surface area contributed by atoms with Gasteiger partial charge in [-0.15, -0.1) is 0 Å². The first-order chi connectivity index (χ1) is 4.75. The lowest BCUT2D eigenvalue weighted by molar-refractivity contribution is -0.143. The van der Waals surface area contributed by atoms with E-state index in [0.717, 1.165) is 12.8 Å². The van der Waals surface area contributed by atoms with Crippen LogP contribution in [-0.2, 0) is 4.79 Å². The Hall–Kier alpha value is -0.600. The van der Waals surface area contributed by atoms with Crippen molar-refractivity contribution in [1.29, 1.82) is 0 Å². The molecule has 0 unspecified atom stereocenters. The molecular formula is C7H11FO2. The Balaban J connectivity index is 2.50. The van der Waals surface area contributed by atoms with Crippen LogP contribution in [-0.4, -0.2) is 17.8 Å². The van der Waals surface area contributed by atoms with Crippen molar-refractivity contribution in [3.63, 3.8) is 0 Å². The third-order valence-electron chi connectivity index (χ3n) is 2.17. The molecule has 1 aliphatic rings. The zero-order valence-corrected chi connectivity index (χ0v) is 5.72. The predicted octanol–water partition coefficient (Wildman–Crippen LogP) is 1.46. The Bertz CT molecular complexity index is 136. The molecule has 0 aromatic rings. The Morgan fingerprint density at radius 3 is 2.70 bits per heavy atom. The summed E-state index contributed by atoms with van der Waals surface area (Å²) in [6.45, 7) is -0.475. The molecular weight excluding hydrogens is 135 g/mol. The Morgan fingerprint density at radius 2 is 2.30 bits per heavy atom. The van der Waals surface area contributed by atoms with E-state index in [1.807, 2.05) is 0 Å². The molecule has 2 nitrogen and oxygen atoms in total. The van der Waals surface area contributed by atoms with E-state index < -0.39 is 18.6 Å². The number of aliphatic carboxylic acids is 1. The van der Waals surface area contributed by atoms with Gasteiger partial charge in [-0.1, -0.05) is 6.42 Å². The summed E-state index contributed by atoms with van der Waals surface area (Å²) in [4.78, 5) is 10.4. The summed E-state index contributed by atoms with van der Waals surface area (Å²) in [5, 5.41) is 8.55. The molecule has 1 aliphatic carbocycles. The first kappa shape index (κ1) is 7.51. The quantitative estimate of drug-likeness (QED) is 0.640. The zero-order chi connectivity index (χ0) is 7.56. The summed E-state index contributed by atoms with van der Waals surface area (Å²) in [5.74, 6) is -1.46. The molecule has 0 radical (unpaired) electrons. The van der Waals surface area contributed by atoms with E-state index in [2.05, 4.69) is 0 Å². The topological polar surface area (TPSA) is 37.3 Å². The second kappa shape index (κ2) is 2.99. The molecule has 1 saturated carbocycles. The SMILES string of the molecule is O=C(O)[C@@H]1CCC[C@H]1CF. The van der Waals surface area contributed by atoms with Crippen LogP contribution in [0, 0.1) is 11.8 Å². The monoisotopic (exact) mass is 146 g/mol. The van der Waals surface area contributed by atoms with Crippen LogP contribution < -0.4 is 0 Å². The van der Waals surface area contributed by atoms with Gasteiger partial charge in [0.1, 0.15) is 0 Å². The lowest BCUT2D eigenvalue weighted by Gasteiger charge is -2.09. The number of carboxylic acid groups (broad SMARTS) is 1.